The Morgan fingerprint density at radius 3 is 2.47 bits per heavy atom. The van der Waals surface area contributed by atoms with Crippen molar-refractivity contribution in [3.8, 4) is 0 Å². The van der Waals surface area contributed by atoms with E-state index in [9.17, 15) is 5.11 Å². The van der Waals surface area contributed by atoms with Gasteiger partial charge in [0.1, 0.15) is 0 Å². The Labute approximate surface area is 105 Å². The number of aliphatic hydroxyl groups excluding tert-OH is 1. The molecule has 1 fully saturated rings. The molecule has 1 atom stereocenters. The van der Waals surface area contributed by atoms with Crippen molar-refractivity contribution in [3.05, 3.63) is 34.9 Å². The van der Waals surface area contributed by atoms with Gasteiger partial charge in [-0.2, -0.15) is 0 Å². The minimum atomic E-state index is 0.300. The Bertz CT molecular complexity index is 364. The summed E-state index contributed by atoms with van der Waals surface area (Å²) in [6, 6.07) is 6.63. The van der Waals surface area contributed by atoms with Crippen molar-refractivity contribution in [2.45, 2.75) is 51.9 Å². The Balaban J connectivity index is 2.21. The number of aryl methyl sites for hydroxylation is 2. The molecule has 1 aromatic rings. The molecule has 94 valence electrons. The van der Waals surface area contributed by atoms with Crippen molar-refractivity contribution in [1.29, 1.82) is 0 Å². The zero-order chi connectivity index (χ0) is 12.3. The van der Waals surface area contributed by atoms with E-state index >= 15 is 0 Å². The topological polar surface area (TPSA) is 20.2 Å². The molecule has 1 aliphatic rings. The Morgan fingerprint density at radius 2 is 1.88 bits per heavy atom. The predicted molar refractivity (Wildman–Crippen MR) is 72.3 cm³/mol. The lowest BCUT2D eigenvalue weighted by molar-refractivity contribution is 0.196. The van der Waals surface area contributed by atoms with E-state index in [-0.39, 0.29) is 0 Å². The van der Waals surface area contributed by atoms with Crippen LogP contribution in [0.15, 0.2) is 18.2 Å². The lowest BCUT2D eigenvalue weighted by Gasteiger charge is -2.30. The summed E-state index contributed by atoms with van der Waals surface area (Å²) in [5, 5.41) is 9.73. The molecule has 1 heteroatoms. The highest BCUT2D eigenvalue weighted by Crippen LogP contribution is 2.37. The van der Waals surface area contributed by atoms with Crippen LogP contribution in [0.1, 0.15) is 54.7 Å². The largest absolute Gasteiger partial charge is 0.396 e. The average molecular weight is 232 g/mol. The Hall–Kier alpha value is -0.820. The fourth-order valence-corrected chi connectivity index (χ4v) is 3.28. The average Bonchev–Trinajstić information content (AvgIpc) is 2.34. The van der Waals surface area contributed by atoms with E-state index in [0.29, 0.717) is 18.4 Å². The van der Waals surface area contributed by atoms with Gasteiger partial charge in [-0.3, -0.25) is 0 Å². The van der Waals surface area contributed by atoms with Crippen molar-refractivity contribution in [2.24, 2.45) is 5.92 Å². The zero-order valence-corrected chi connectivity index (χ0v) is 11.1. The molecule has 1 nitrogen and oxygen atoms in total. The first-order chi connectivity index (χ1) is 8.22. The lowest BCUT2D eigenvalue weighted by atomic mass is 9.76. The molecule has 0 amide bonds. The summed E-state index contributed by atoms with van der Waals surface area (Å²) in [6.07, 6.45) is 6.64. The normalized spacial score (nSPS) is 19.2. The van der Waals surface area contributed by atoms with Gasteiger partial charge in [0.15, 0.2) is 0 Å². The fourth-order valence-electron chi connectivity index (χ4n) is 3.28. The molecule has 0 radical (unpaired) electrons. The maximum absolute atomic E-state index is 9.73. The number of hydrogen-bond acceptors (Lipinski definition) is 1. The van der Waals surface area contributed by atoms with E-state index in [1.165, 1.54) is 48.8 Å². The lowest BCUT2D eigenvalue weighted by Crippen LogP contribution is -2.20. The minimum Gasteiger partial charge on any atom is -0.396 e. The van der Waals surface area contributed by atoms with Crippen LogP contribution in [-0.2, 0) is 0 Å². The quantitative estimate of drug-likeness (QED) is 0.836. The van der Waals surface area contributed by atoms with E-state index < -0.39 is 0 Å². The van der Waals surface area contributed by atoms with Crippen molar-refractivity contribution >= 4 is 0 Å². The molecular formula is C16H24O. The molecule has 0 aliphatic heterocycles. The van der Waals surface area contributed by atoms with Gasteiger partial charge in [0, 0.05) is 5.92 Å². The highest BCUT2D eigenvalue weighted by Gasteiger charge is 2.25. The van der Waals surface area contributed by atoms with E-state index in [4.69, 9.17) is 0 Å². The van der Waals surface area contributed by atoms with Crippen LogP contribution in [-0.4, -0.2) is 11.7 Å². The van der Waals surface area contributed by atoms with Crippen LogP contribution in [0.4, 0.5) is 0 Å². The van der Waals surface area contributed by atoms with Crippen LogP contribution in [0.3, 0.4) is 0 Å². The van der Waals surface area contributed by atoms with Crippen LogP contribution in [0.25, 0.3) is 0 Å². The minimum absolute atomic E-state index is 0.300. The first-order valence-corrected chi connectivity index (χ1v) is 6.90. The number of aliphatic hydroxyl groups is 1. The van der Waals surface area contributed by atoms with Crippen LogP contribution in [0.5, 0.6) is 0 Å². The second kappa shape index (κ2) is 5.68. The van der Waals surface area contributed by atoms with Gasteiger partial charge in [0.25, 0.3) is 0 Å². The molecule has 0 heterocycles. The van der Waals surface area contributed by atoms with Crippen molar-refractivity contribution in [1.82, 2.24) is 0 Å². The smallest absolute Gasteiger partial charge is 0.0502 e. The molecule has 1 N–H and O–H groups in total. The van der Waals surface area contributed by atoms with E-state index in [2.05, 4.69) is 32.0 Å². The maximum Gasteiger partial charge on any atom is 0.0502 e. The third-order valence-electron chi connectivity index (χ3n) is 4.24. The summed E-state index contributed by atoms with van der Waals surface area (Å²) in [6.45, 7) is 4.60. The summed E-state index contributed by atoms with van der Waals surface area (Å²) < 4.78 is 0. The number of rotatable bonds is 3. The third kappa shape index (κ3) is 2.90. The first-order valence-electron chi connectivity index (χ1n) is 6.90. The van der Waals surface area contributed by atoms with E-state index in [1.54, 1.807) is 0 Å². The first kappa shape index (κ1) is 12.6. The molecular weight excluding hydrogens is 208 g/mol. The molecule has 1 saturated carbocycles. The van der Waals surface area contributed by atoms with Crippen molar-refractivity contribution in [2.75, 3.05) is 6.61 Å². The van der Waals surface area contributed by atoms with Gasteiger partial charge in [0.05, 0.1) is 6.61 Å². The molecule has 0 bridgehead atoms. The van der Waals surface area contributed by atoms with Crippen molar-refractivity contribution < 1.29 is 5.11 Å². The number of benzene rings is 1. The SMILES string of the molecule is Cc1ccc(C(CO)C2CCCCC2)c(C)c1. The maximum atomic E-state index is 9.73. The molecule has 1 aliphatic carbocycles. The Kier molecular flexibility index (Phi) is 4.22. The molecule has 0 spiro atoms. The van der Waals surface area contributed by atoms with Gasteiger partial charge in [-0.05, 0) is 43.7 Å². The van der Waals surface area contributed by atoms with Gasteiger partial charge in [-0.1, -0.05) is 43.0 Å². The van der Waals surface area contributed by atoms with Crippen LogP contribution in [0, 0.1) is 19.8 Å². The summed E-state index contributed by atoms with van der Waals surface area (Å²) in [5.74, 6) is 1.05. The van der Waals surface area contributed by atoms with E-state index in [0.717, 1.165) is 0 Å². The molecule has 0 saturated heterocycles. The van der Waals surface area contributed by atoms with Gasteiger partial charge in [-0.15, -0.1) is 0 Å². The summed E-state index contributed by atoms with van der Waals surface area (Å²) >= 11 is 0. The fraction of sp³-hybridized carbons (Fsp3) is 0.625. The summed E-state index contributed by atoms with van der Waals surface area (Å²) in [5.41, 5.74) is 4.02. The molecule has 17 heavy (non-hydrogen) atoms. The van der Waals surface area contributed by atoms with Gasteiger partial charge in [-0.25, -0.2) is 0 Å². The van der Waals surface area contributed by atoms with Gasteiger partial charge in [0.2, 0.25) is 0 Å². The predicted octanol–water partition coefficient (Wildman–Crippen LogP) is 3.96. The highest BCUT2D eigenvalue weighted by atomic mass is 16.3. The summed E-state index contributed by atoms with van der Waals surface area (Å²) in [4.78, 5) is 0. The number of hydrogen-bond donors (Lipinski definition) is 1. The highest BCUT2D eigenvalue weighted by molar-refractivity contribution is 5.33. The molecule has 1 aromatic carbocycles. The molecule has 2 rings (SSSR count). The summed E-state index contributed by atoms with van der Waals surface area (Å²) in [7, 11) is 0. The molecule has 1 unspecified atom stereocenters. The second-order valence-corrected chi connectivity index (χ2v) is 5.55. The van der Waals surface area contributed by atoms with Crippen LogP contribution < -0.4 is 0 Å². The van der Waals surface area contributed by atoms with Crippen LogP contribution in [0.2, 0.25) is 0 Å². The molecule has 0 aromatic heterocycles. The van der Waals surface area contributed by atoms with Crippen LogP contribution >= 0.6 is 0 Å². The van der Waals surface area contributed by atoms with Gasteiger partial charge < -0.3 is 5.11 Å². The Morgan fingerprint density at radius 1 is 1.18 bits per heavy atom. The van der Waals surface area contributed by atoms with E-state index in [1.807, 2.05) is 0 Å². The third-order valence-corrected chi connectivity index (χ3v) is 4.24. The van der Waals surface area contributed by atoms with Crippen molar-refractivity contribution in [3.63, 3.8) is 0 Å². The standard InChI is InChI=1S/C16H24O/c1-12-8-9-15(13(2)10-12)16(11-17)14-6-4-3-5-7-14/h8-10,14,16-17H,3-7,11H2,1-2H3. The second-order valence-electron chi connectivity index (χ2n) is 5.55. The zero-order valence-electron chi connectivity index (χ0n) is 11.1. The monoisotopic (exact) mass is 232 g/mol. The van der Waals surface area contributed by atoms with Gasteiger partial charge >= 0.3 is 0 Å².